The van der Waals surface area contributed by atoms with Gasteiger partial charge in [0.25, 0.3) is 0 Å². The van der Waals surface area contributed by atoms with Crippen LogP contribution in [-0.4, -0.2) is 0 Å². The molecule has 7 aromatic rings. The predicted molar refractivity (Wildman–Crippen MR) is 157 cm³/mol. The molecule has 0 spiro atoms. The van der Waals surface area contributed by atoms with Crippen LogP contribution in [0.5, 0.6) is 0 Å². The lowest BCUT2D eigenvalue weighted by molar-refractivity contribution is 1.40. The Bertz CT molecular complexity index is 1810. The molecule has 0 aliphatic rings. The molecule has 0 saturated heterocycles. The lowest BCUT2D eigenvalue weighted by atomic mass is 9.86. The van der Waals surface area contributed by atoms with Crippen LogP contribution in [0.25, 0.3) is 65.3 Å². The van der Waals surface area contributed by atoms with Gasteiger partial charge in [-0.05, 0) is 102 Å². The second-order valence-corrected chi connectivity index (χ2v) is 9.86. The molecule has 0 heterocycles. The maximum Gasteiger partial charge on any atom is -0.00963 e. The average molecular weight is 459 g/mol. The summed E-state index contributed by atoms with van der Waals surface area (Å²) in [6.07, 6.45) is 0. The Balaban J connectivity index is 1.50. The molecule has 7 rings (SSSR count). The fraction of sp³-hybridized carbons (Fsp3) is 0.0556. The minimum atomic E-state index is 1.29. The zero-order valence-electron chi connectivity index (χ0n) is 20.5. The van der Waals surface area contributed by atoms with Crippen LogP contribution in [-0.2, 0) is 0 Å². The third kappa shape index (κ3) is 3.15. The van der Waals surface area contributed by atoms with Gasteiger partial charge in [0, 0.05) is 0 Å². The summed E-state index contributed by atoms with van der Waals surface area (Å²) < 4.78 is 0. The van der Waals surface area contributed by atoms with Crippen molar-refractivity contribution < 1.29 is 0 Å². The Kier molecular flexibility index (Phi) is 4.69. The van der Waals surface area contributed by atoms with Crippen molar-refractivity contribution in [2.75, 3.05) is 0 Å². The zero-order valence-corrected chi connectivity index (χ0v) is 20.5. The molecule has 0 aromatic heterocycles. The first-order valence-corrected chi connectivity index (χ1v) is 12.6. The first kappa shape index (κ1) is 20.9. The van der Waals surface area contributed by atoms with Gasteiger partial charge >= 0.3 is 0 Å². The topological polar surface area (TPSA) is 0 Å². The maximum absolute atomic E-state index is 2.39. The number of hydrogen-bond acceptors (Lipinski definition) is 0. The third-order valence-corrected chi connectivity index (χ3v) is 7.69. The third-order valence-electron chi connectivity index (χ3n) is 7.69. The maximum atomic E-state index is 2.39. The highest BCUT2D eigenvalue weighted by molar-refractivity contribution is 6.15. The zero-order chi connectivity index (χ0) is 24.2. The Morgan fingerprint density at radius 1 is 0.306 bits per heavy atom. The monoisotopic (exact) mass is 458 g/mol. The summed E-state index contributed by atoms with van der Waals surface area (Å²) in [5.74, 6) is 0. The lowest BCUT2D eigenvalue weighted by Gasteiger charge is -2.18. The van der Waals surface area contributed by atoms with Crippen molar-refractivity contribution in [1.82, 2.24) is 0 Å². The number of benzene rings is 7. The van der Waals surface area contributed by atoms with E-state index in [1.165, 1.54) is 76.5 Å². The van der Waals surface area contributed by atoms with Gasteiger partial charge in [-0.1, -0.05) is 109 Å². The molecule has 0 N–H and O–H groups in total. The molecule has 0 nitrogen and oxygen atoms in total. The minimum Gasteiger partial charge on any atom is -0.0616 e. The van der Waals surface area contributed by atoms with Gasteiger partial charge < -0.3 is 0 Å². The van der Waals surface area contributed by atoms with Gasteiger partial charge in [0.2, 0.25) is 0 Å². The van der Waals surface area contributed by atoms with Crippen LogP contribution < -0.4 is 0 Å². The molecule has 0 aliphatic carbocycles. The van der Waals surface area contributed by atoms with E-state index in [0.717, 1.165) is 0 Å². The van der Waals surface area contributed by atoms with Crippen molar-refractivity contribution in [3.63, 3.8) is 0 Å². The molecule has 0 atom stereocenters. The van der Waals surface area contributed by atoms with E-state index in [2.05, 4.69) is 135 Å². The van der Waals surface area contributed by atoms with E-state index in [-0.39, 0.29) is 0 Å². The minimum absolute atomic E-state index is 1.29. The second kappa shape index (κ2) is 8.07. The highest BCUT2D eigenvalue weighted by Crippen LogP contribution is 2.41. The van der Waals surface area contributed by atoms with Gasteiger partial charge in [0.1, 0.15) is 0 Å². The number of rotatable bonds is 2. The molecule has 36 heavy (non-hydrogen) atoms. The predicted octanol–water partition coefficient (Wildman–Crippen LogP) is 10.3. The first-order valence-electron chi connectivity index (χ1n) is 12.6. The van der Waals surface area contributed by atoms with Crippen molar-refractivity contribution in [2.24, 2.45) is 0 Å². The summed E-state index contributed by atoms with van der Waals surface area (Å²) in [6, 6.07) is 44.6. The molecule has 0 bridgehead atoms. The van der Waals surface area contributed by atoms with Crippen LogP contribution in [0.4, 0.5) is 0 Å². The number of hydrogen-bond donors (Lipinski definition) is 0. The van der Waals surface area contributed by atoms with Crippen molar-refractivity contribution >= 4 is 43.1 Å². The molecule has 0 amide bonds. The fourth-order valence-corrected chi connectivity index (χ4v) is 5.95. The summed E-state index contributed by atoms with van der Waals surface area (Å²) in [7, 11) is 0. The van der Waals surface area contributed by atoms with Crippen LogP contribution in [0.2, 0.25) is 0 Å². The largest absolute Gasteiger partial charge is 0.0616 e. The molecule has 0 fully saturated rings. The Labute approximate surface area is 211 Å². The Morgan fingerprint density at radius 2 is 0.639 bits per heavy atom. The fourth-order valence-electron chi connectivity index (χ4n) is 5.95. The van der Waals surface area contributed by atoms with Gasteiger partial charge in [-0.15, -0.1) is 0 Å². The van der Waals surface area contributed by atoms with Crippen molar-refractivity contribution in [3.05, 3.63) is 132 Å². The Hall–Kier alpha value is -4.42. The summed E-state index contributed by atoms with van der Waals surface area (Å²) in [4.78, 5) is 0. The normalized spacial score (nSPS) is 11.6. The first-order chi connectivity index (χ1) is 17.7. The van der Waals surface area contributed by atoms with Gasteiger partial charge in [-0.3, -0.25) is 0 Å². The second-order valence-electron chi connectivity index (χ2n) is 9.86. The van der Waals surface area contributed by atoms with E-state index in [1.807, 2.05) is 0 Å². The van der Waals surface area contributed by atoms with Gasteiger partial charge in [-0.25, -0.2) is 0 Å². The van der Waals surface area contributed by atoms with Gasteiger partial charge in [0.15, 0.2) is 0 Å². The highest BCUT2D eigenvalue weighted by Gasteiger charge is 2.15. The van der Waals surface area contributed by atoms with Crippen molar-refractivity contribution in [2.45, 2.75) is 13.8 Å². The quantitative estimate of drug-likeness (QED) is 0.226. The molecule has 0 radical (unpaired) electrons. The molecule has 0 heteroatoms. The lowest BCUT2D eigenvalue weighted by Crippen LogP contribution is -1.93. The molecule has 0 aliphatic heterocycles. The van der Waals surface area contributed by atoms with Crippen LogP contribution in [0.3, 0.4) is 0 Å². The summed E-state index contributed by atoms with van der Waals surface area (Å²) in [5, 5.41) is 10.4. The standard InChI is InChI=1S/C36H26/c1-23-19-34(36-22-26-12-4-6-14-28(26)30-16-8-10-18-32(30)36)24(2)20-33(23)35-21-25-11-3-5-13-27(25)29-15-7-9-17-31(29)35/h3-22H,1-2H3. The number of aryl methyl sites for hydroxylation is 2. The van der Waals surface area contributed by atoms with Crippen LogP contribution in [0, 0.1) is 13.8 Å². The Morgan fingerprint density at radius 3 is 1.06 bits per heavy atom. The van der Waals surface area contributed by atoms with E-state index >= 15 is 0 Å². The van der Waals surface area contributed by atoms with Gasteiger partial charge in [-0.2, -0.15) is 0 Å². The van der Waals surface area contributed by atoms with Crippen LogP contribution in [0.1, 0.15) is 11.1 Å². The smallest absolute Gasteiger partial charge is 0.00963 e. The summed E-state index contributed by atoms with van der Waals surface area (Å²) in [6.45, 7) is 4.51. The molecule has 0 saturated carbocycles. The van der Waals surface area contributed by atoms with E-state index < -0.39 is 0 Å². The van der Waals surface area contributed by atoms with E-state index in [0.29, 0.717) is 0 Å². The van der Waals surface area contributed by atoms with Crippen LogP contribution in [0.15, 0.2) is 121 Å². The van der Waals surface area contributed by atoms with Gasteiger partial charge in [0.05, 0.1) is 0 Å². The summed E-state index contributed by atoms with van der Waals surface area (Å²) >= 11 is 0. The van der Waals surface area contributed by atoms with E-state index in [4.69, 9.17) is 0 Å². The van der Waals surface area contributed by atoms with Crippen LogP contribution >= 0.6 is 0 Å². The van der Waals surface area contributed by atoms with Crippen molar-refractivity contribution in [3.8, 4) is 22.3 Å². The average Bonchev–Trinajstić information content (AvgIpc) is 2.93. The summed E-state index contributed by atoms with van der Waals surface area (Å²) in [5.41, 5.74) is 7.83. The molecular weight excluding hydrogens is 432 g/mol. The SMILES string of the molecule is Cc1cc(-c2cc3ccccc3c3ccccc23)c(C)cc1-c1cc2ccccc2c2ccccc12. The van der Waals surface area contributed by atoms with E-state index in [1.54, 1.807) is 0 Å². The highest BCUT2D eigenvalue weighted by atomic mass is 14.2. The molecule has 170 valence electrons. The van der Waals surface area contributed by atoms with Crippen molar-refractivity contribution in [1.29, 1.82) is 0 Å². The van der Waals surface area contributed by atoms with E-state index in [9.17, 15) is 0 Å². The molecule has 7 aromatic carbocycles. The molecule has 0 unspecified atom stereocenters. The molecular formula is C36H26. The number of fused-ring (bicyclic) bond motifs is 6.